The minimum atomic E-state index is 0.851. The van der Waals surface area contributed by atoms with Gasteiger partial charge in [-0.25, -0.2) is 0 Å². The molecule has 0 fully saturated rings. The lowest BCUT2D eigenvalue weighted by Crippen LogP contribution is -2.27. The highest BCUT2D eigenvalue weighted by Gasteiger charge is 2.23. The zero-order valence-corrected chi connectivity index (χ0v) is 15.6. The van der Waals surface area contributed by atoms with Crippen LogP contribution in [0.5, 0.6) is 0 Å². The van der Waals surface area contributed by atoms with Crippen molar-refractivity contribution >= 4 is 0 Å². The minimum Gasteiger partial charge on any atom is -0.303 e. The van der Waals surface area contributed by atoms with Crippen LogP contribution in [0, 0.1) is 0 Å². The monoisotopic (exact) mass is 345 g/mol. The number of nitrogens with zero attached hydrogens (tertiary/aromatic N) is 3. The van der Waals surface area contributed by atoms with Gasteiger partial charge < -0.3 is 4.90 Å². The molecule has 26 heavy (non-hydrogen) atoms. The van der Waals surface area contributed by atoms with E-state index in [1.807, 2.05) is 0 Å². The Morgan fingerprint density at radius 2 is 1.58 bits per heavy atom. The quantitative estimate of drug-likeness (QED) is 0.683. The number of hydrogen-bond donors (Lipinski definition) is 0. The van der Waals surface area contributed by atoms with Gasteiger partial charge in [0.1, 0.15) is 0 Å². The maximum absolute atomic E-state index is 5.07. The zero-order chi connectivity index (χ0) is 17.8. The number of aromatic nitrogens is 2. The zero-order valence-electron chi connectivity index (χ0n) is 15.6. The smallest absolute Gasteiger partial charge is 0.0958 e. The Kier molecular flexibility index (Phi) is 5.16. The van der Waals surface area contributed by atoms with Crippen LogP contribution in [-0.2, 0) is 19.4 Å². The second-order valence-electron chi connectivity index (χ2n) is 7.12. The molecule has 0 amide bonds. The first-order valence-electron chi connectivity index (χ1n) is 9.75. The molecule has 2 heterocycles. The van der Waals surface area contributed by atoms with Gasteiger partial charge in [-0.3, -0.25) is 4.68 Å². The van der Waals surface area contributed by atoms with Crippen LogP contribution < -0.4 is 0 Å². The second kappa shape index (κ2) is 7.88. The molecule has 3 nitrogen and oxygen atoms in total. The molecule has 0 unspecified atom stereocenters. The Morgan fingerprint density at radius 3 is 2.31 bits per heavy atom. The molecule has 134 valence electrons. The Morgan fingerprint density at radius 1 is 0.885 bits per heavy atom. The summed E-state index contributed by atoms with van der Waals surface area (Å²) >= 11 is 0. The van der Waals surface area contributed by atoms with Crippen molar-refractivity contribution < 1.29 is 0 Å². The molecule has 0 atom stereocenters. The molecule has 2 aromatic carbocycles. The lowest BCUT2D eigenvalue weighted by atomic mass is 10.0. The summed E-state index contributed by atoms with van der Waals surface area (Å²) in [6, 6.07) is 21.3. The third-order valence-corrected chi connectivity index (χ3v) is 5.27. The average Bonchev–Trinajstić information content (AvgIpc) is 2.88. The van der Waals surface area contributed by atoms with Crippen molar-refractivity contribution in [2.75, 3.05) is 19.6 Å². The molecule has 0 bridgehead atoms. The van der Waals surface area contributed by atoms with E-state index in [1.165, 1.54) is 41.0 Å². The van der Waals surface area contributed by atoms with Gasteiger partial charge in [-0.05, 0) is 24.9 Å². The van der Waals surface area contributed by atoms with Gasteiger partial charge in [-0.15, -0.1) is 0 Å². The van der Waals surface area contributed by atoms with Crippen LogP contribution in [0.15, 0.2) is 60.7 Å². The number of benzene rings is 2. The number of hydrogen-bond acceptors (Lipinski definition) is 2. The van der Waals surface area contributed by atoms with Gasteiger partial charge >= 0.3 is 0 Å². The summed E-state index contributed by atoms with van der Waals surface area (Å²) in [5, 5.41) is 5.07. The van der Waals surface area contributed by atoms with Gasteiger partial charge in [0.15, 0.2) is 0 Å². The second-order valence-corrected chi connectivity index (χ2v) is 7.12. The van der Waals surface area contributed by atoms with E-state index in [2.05, 4.69) is 77.2 Å². The molecule has 0 spiro atoms. The van der Waals surface area contributed by atoms with Crippen molar-refractivity contribution in [2.45, 2.75) is 32.7 Å². The predicted octanol–water partition coefficient (Wildman–Crippen LogP) is 4.41. The van der Waals surface area contributed by atoms with E-state index in [0.29, 0.717) is 0 Å². The molecule has 3 aromatic rings. The van der Waals surface area contributed by atoms with E-state index < -0.39 is 0 Å². The van der Waals surface area contributed by atoms with Crippen molar-refractivity contribution in [1.29, 1.82) is 0 Å². The summed E-state index contributed by atoms with van der Waals surface area (Å²) < 4.78 is 2.25. The highest BCUT2D eigenvalue weighted by Crippen LogP contribution is 2.29. The molecule has 1 aliphatic rings. The van der Waals surface area contributed by atoms with Crippen molar-refractivity contribution in [3.05, 3.63) is 77.5 Å². The summed E-state index contributed by atoms with van der Waals surface area (Å²) in [5.41, 5.74) is 6.60. The molecule has 0 radical (unpaired) electrons. The van der Waals surface area contributed by atoms with Crippen molar-refractivity contribution in [1.82, 2.24) is 14.7 Å². The Bertz CT molecular complexity index is 837. The fraction of sp³-hybridized carbons (Fsp3) is 0.348. The third kappa shape index (κ3) is 3.58. The molecule has 0 saturated carbocycles. The van der Waals surface area contributed by atoms with Gasteiger partial charge in [0.05, 0.1) is 12.2 Å². The number of fused-ring (bicyclic) bond motifs is 1. The maximum Gasteiger partial charge on any atom is 0.0958 e. The topological polar surface area (TPSA) is 21.1 Å². The lowest BCUT2D eigenvalue weighted by Gasteiger charge is -2.18. The fourth-order valence-corrected chi connectivity index (χ4v) is 3.98. The molecule has 4 rings (SSSR count). The highest BCUT2D eigenvalue weighted by atomic mass is 15.3. The van der Waals surface area contributed by atoms with Crippen molar-refractivity contribution in [3.8, 4) is 11.3 Å². The predicted molar refractivity (Wildman–Crippen MR) is 107 cm³/mol. The van der Waals surface area contributed by atoms with Crippen LogP contribution in [0.1, 0.15) is 30.2 Å². The van der Waals surface area contributed by atoms with Crippen LogP contribution in [0.25, 0.3) is 11.3 Å². The molecular weight excluding hydrogens is 318 g/mol. The van der Waals surface area contributed by atoms with Gasteiger partial charge in [0, 0.05) is 36.3 Å². The molecule has 0 saturated heterocycles. The number of rotatable bonds is 5. The van der Waals surface area contributed by atoms with Crippen LogP contribution in [0.2, 0.25) is 0 Å². The molecule has 1 aliphatic heterocycles. The van der Waals surface area contributed by atoms with Crippen LogP contribution in [0.3, 0.4) is 0 Å². The Hall–Kier alpha value is -2.39. The third-order valence-electron chi connectivity index (χ3n) is 5.27. The Labute approximate surface area is 156 Å². The van der Waals surface area contributed by atoms with Crippen LogP contribution >= 0.6 is 0 Å². The molecule has 3 heteroatoms. The molecular formula is C23H27N3. The average molecular weight is 345 g/mol. The highest BCUT2D eigenvalue weighted by molar-refractivity contribution is 5.64. The van der Waals surface area contributed by atoms with Gasteiger partial charge in [-0.1, -0.05) is 67.6 Å². The Balaban J connectivity index is 1.72. The van der Waals surface area contributed by atoms with E-state index >= 15 is 0 Å². The summed E-state index contributed by atoms with van der Waals surface area (Å²) in [4.78, 5) is 2.60. The summed E-state index contributed by atoms with van der Waals surface area (Å²) in [6.45, 7) is 6.58. The standard InChI is InChI=1S/C23H27N3/c1-2-15-25-16-13-21-22(14-17-25)26(18-19-9-5-3-6-10-19)24-23(21)20-11-7-4-8-12-20/h3-12H,2,13-18H2,1H3. The molecule has 0 N–H and O–H groups in total. The normalized spacial score (nSPS) is 14.8. The molecule has 1 aromatic heterocycles. The molecule has 0 aliphatic carbocycles. The van der Waals surface area contributed by atoms with Gasteiger partial charge in [0.25, 0.3) is 0 Å². The first-order valence-corrected chi connectivity index (χ1v) is 9.75. The summed E-state index contributed by atoms with van der Waals surface area (Å²) in [7, 11) is 0. The van der Waals surface area contributed by atoms with Crippen LogP contribution in [0.4, 0.5) is 0 Å². The van der Waals surface area contributed by atoms with E-state index in [-0.39, 0.29) is 0 Å². The lowest BCUT2D eigenvalue weighted by molar-refractivity contribution is 0.286. The SMILES string of the molecule is CCCN1CCc2c(-c3ccccc3)nn(Cc3ccccc3)c2CC1. The summed E-state index contributed by atoms with van der Waals surface area (Å²) in [5.74, 6) is 0. The van der Waals surface area contributed by atoms with E-state index in [0.717, 1.165) is 32.5 Å². The van der Waals surface area contributed by atoms with E-state index in [4.69, 9.17) is 5.10 Å². The summed E-state index contributed by atoms with van der Waals surface area (Å²) in [6.07, 6.45) is 3.40. The van der Waals surface area contributed by atoms with Crippen molar-refractivity contribution in [2.24, 2.45) is 0 Å². The van der Waals surface area contributed by atoms with Gasteiger partial charge in [0.2, 0.25) is 0 Å². The first-order chi connectivity index (χ1) is 12.8. The maximum atomic E-state index is 5.07. The van der Waals surface area contributed by atoms with E-state index in [9.17, 15) is 0 Å². The largest absolute Gasteiger partial charge is 0.303 e. The van der Waals surface area contributed by atoms with Crippen molar-refractivity contribution in [3.63, 3.8) is 0 Å². The van der Waals surface area contributed by atoms with E-state index in [1.54, 1.807) is 0 Å². The van der Waals surface area contributed by atoms with Gasteiger partial charge in [-0.2, -0.15) is 5.10 Å². The van der Waals surface area contributed by atoms with Crippen LogP contribution in [-0.4, -0.2) is 34.3 Å². The minimum absolute atomic E-state index is 0.851. The fourth-order valence-electron chi connectivity index (χ4n) is 3.98. The first kappa shape index (κ1) is 17.0.